The quantitative estimate of drug-likeness (QED) is 0.579. The molecule has 1 aliphatic heterocycles. The van der Waals surface area contributed by atoms with E-state index in [-0.39, 0.29) is 19.0 Å². The SMILES string of the molecule is COc1ccc(F)c(CN2CCC[C@](O)(CNCCNC(C)=O)C2=O)c1. The maximum atomic E-state index is 14.0. The van der Waals surface area contributed by atoms with E-state index in [1.54, 1.807) is 6.07 Å². The molecule has 0 radical (unpaired) electrons. The molecule has 1 aromatic rings. The lowest BCUT2D eigenvalue weighted by molar-refractivity contribution is -0.157. The Morgan fingerprint density at radius 1 is 1.42 bits per heavy atom. The van der Waals surface area contributed by atoms with Crippen molar-refractivity contribution in [1.82, 2.24) is 15.5 Å². The van der Waals surface area contributed by atoms with Gasteiger partial charge in [-0.3, -0.25) is 9.59 Å². The minimum atomic E-state index is -1.52. The first-order valence-electron chi connectivity index (χ1n) is 8.65. The first kappa shape index (κ1) is 20.1. The van der Waals surface area contributed by atoms with Crippen LogP contribution in [0, 0.1) is 5.82 Å². The topological polar surface area (TPSA) is 90.9 Å². The highest BCUT2D eigenvalue weighted by molar-refractivity contribution is 5.86. The molecule has 1 atom stereocenters. The molecule has 0 aromatic heterocycles. The Morgan fingerprint density at radius 2 is 2.19 bits per heavy atom. The fourth-order valence-electron chi connectivity index (χ4n) is 3.01. The van der Waals surface area contributed by atoms with Crippen molar-refractivity contribution in [2.24, 2.45) is 0 Å². The Labute approximate surface area is 152 Å². The molecule has 0 spiro atoms. The van der Waals surface area contributed by atoms with Gasteiger partial charge in [0, 0.05) is 45.2 Å². The maximum absolute atomic E-state index is 14.0. The minimum Gasteiger partial charge on any atom is -0.497 e. The first-order valence-corrected chi connectivity index (χ1v) is 8.65. The second-order valence-electron chi connectivity index (χ2n) is 6.48. The number of likely N-dealkylation sites (tertiary alicyclic amines) is 1. The Hall–Kier alpha value is -2.19. The van der Waals surface area contributed by atoms with Crippen molar-refractivity contribution in [3.8, 4) is 5.75 Å². The van der Waals surface area contributed by atoms with E-state index in [1.807, 2.05) is 0 Å². The summed E-state index contributed by atoms with van der Waals surface area (Å²) >= 11 is 0. The van der Waals surface area contributed by atoms with E-state index >= 15 is 0 Å². The number of methoxy groups -OCH3 is 1. The second kappa shape index (κ2) is 8.95. The fourth-order valence-corrected chi connectivity index (χ4v) is 3.01. The number of nitrogens with one attached hydrogen (secondary N) is 2. The highest BCUT2D eigenvalue weighted by atomic mass is 19.1. The Morgan fingerprint density at radius 3 is 2.88 bits per heavy atom. The number of rotatable bonds is 8. The molecule has 0 saturated carbocycles. The summed E-state index contributed by atoms with van der Waals surface area (Å²) < 4.78 is 19.1. The molecule has 7 nitrogen and oxygen atoms in total. The smallest absolute Gasteiger partial charge is 0.256 e. The largest absolute Gasteiger partial charge is 0.497 e. The van der Waals surface area contributed by atoms with Gasteiger partial charge in [0.2, 0.25) is 5.91 Å². The number of ether oxygens (including phenoxy) is 1. The summed E-state index contributed by atoms with van der Waals surface area (Å²) in [5.74, 6) is -0.453. The van der Waals surface area contributed by atoms with E-state index in [4.69, 9.17) is 4.74 Å². The normalized spacial score (nSPS) is 20.2. The molecular formula is C18H26FN3O4. The molecule has 0 aliphatic carbocycles. The van der Waals surface area contributed by atoms with Crippen LogP contribution in [0.3, 0.4) is 0 Å². The van der Waals surface area contributed by atoms with Gasteiger partial charge < -0.3 is 25.4 Å². The van der Waals surface area contributed by atoms with Crippen LogP contribution in [0.2, 0.25) is 0 Å². The number of hydrogen-bond donors (Lipinski definition) is 3. The van der Waals surface area contributed by atoms with Crippen molar-refractivity contribution in [3.05, 3.63) is 29.6 Å². The molecule has 144 valence electrons. The number of carbonyl (C=O) groups is 2. The molecule has 8 heteroatoms. The molecule has 0 unspecified atom stereocenters. The van der Waals surface area contributed by atoms with Crippen LogP contribution in [0.25, 0.3) is 0 Å². The van der Waals surface area contributed by atoms with Crippen LogP contribution in [0.1, 0.15) is 25.3 Å². The zero-order valence-corrected chi connectivity index (χ0v) is 15.2. The summed E-state index contributed by atoms with van der Waals surface area (Å²) in [6.45, 7) is 2.91. The monoisotopic (exact) mass is 367 g/mol. The molecule has 1 aromatic carbocycles. The van der Waals surface area contributed by atoms with E-state index in [0.29, 0.717) is 43.8 Å². The number of aliphatic hydroxyl groups is 1. The van der Waals surface area contributed by atoms with Crippen LogP contribution in [0.15, 0.2) is 18.2 Å². The van der Waals surface area contributed by atoms with E-state index < -0.39 is 17.3 Å². The number of carbonyl (C=O) groups excluding carboxylic acids is 2. The molecule has 1 fully saturated rings. The van der Waals surface area contributed by atoms with Gasteiger partial charge in [0.1, 0.15) is 11.6 Å². The standard InChI is InChI=1S/C18H26FN3O4/c1-13(23)21-8-7-20-12-18(25)6-3-9-22(17(18)24)11-14-10-15(26-2)4-5-16(14)19/h4-5,10,20,25H,3,6-9,11-12H2,1-2H3,(H,21,23)/t18-/m0/s1. The summed E-state index contributed by atoms with van der Waals surface area (Å²) in [4.78, 5) is 25.0. The third kappa shape index (κ3) is 5.15. The predicted octanol–water partition coefficient (Wildman–Crippen LogP) is 0.413. The van der Waals surface area contributed by atoms with Crippen LogP contribution in [0.5, 0.6) is 5.75 Å². The van der Waals surface area contributed by atoms with Gasteiger partial charge >= 0.3 is 0 Å². The third-order valence-electron chi connectivity index (χ3n) is 4.41. The molecule has 26 heavy (non-hydrogen) atoms. The molecule has 1 aliphatic rings. The lowest BCUT2D eigenvalue weighted by atomic mass is 9.91. The summed E-state index contributed by atoms with van der Waals surface area (Å²) in [5.41, 5.74) is -1.18. The van der Waals surface area contributed by atoms with Crippen molar-refractivity contribution in [3.63, 3.8) is 0 Å². The second-order valence-corrected chi connectivity index (χ2v) is 6.48. The van der Waals surface area contributed by atoms with Crippen molar-refractivity contribution < 1.29 is 23.8 Å². The van der Waals surface area contributed by atoms with Crippen molar-refractivity contribution >= 4 is 11.8 Å². The van der Waals surface area contributed by atoms with Gasteiger partial charge in [0.25, 0.3) is 5.91 Å². The average Bonchev–Trinajstić information content (AvgIpc) is 2.60. The lowest BCUT2D eigenvalue weighted by Gasteiger charge is -2.38. The van der Waals surface area contributed by atoms with E-state index in [1.165, 1.54) is 31.1 Å². The summed E-state index contributed by atoms with van der Waals surface area (Å²) in [6, 6.07) is 4.38. The van der Waals surface area contributed by atoms with Crippen molar-refractivity contribution in [2.45, 2.75) is 31.9 Å². The number of halogens is 1. The Balaban J connectivity index is 1.96. The van der Waals surface area contributed by atoms with Crippen LogP contribution < -0.4 is 15.4 Å². The van der Waals surface area contributed by atoms with Gasteiger partial charge in [0.05, 0.1) is 7.11 Å². The maximum Gasteiger partial charge on any atom is 0.256 e. The Kier molecular flexibility index (Phi) is 6.93. The molecule has 1 saturated heterocycles. The van der Waals surface area contributed by atoms with Gasteiger partial charge in [0.15, 0.2) is 5.60 Å². The van der Waals surface area contributed by atoms with E-state index in [0.717, 1.165) is 0 Å². The highest BCUT2D eigenvalue weighted by Crippen LogP contribution is 2.25. The summed E-state index contributed by atoms with van der Waals surface area (Å²) in [6.07, 6.45) is 0.970. The third-order valence-corrected chi connectivity index (χ3v) is 4.41. The minimum absolute atomic E-state index is 0.0794. The molecule has 3 N–H and O–H groups in total. The highest BCUT2D eigenvalue weighted by Gasteiger charge is 2.41. The van der Waals surface area contributed by atoms with Gasteiger partial charge in [-0.1, -0.05) is 0 Å². The van der Waals surface area contributed by atoms with Crippen LogP contribution in [-0.2, 0) is 16.1 Å². The first-order chi connectivity index (χ1) is 12.4. The van der Waals surface area contributed by atoms with Crippen LogP contribution >= 0.6 is 0 Å². The van der Waals surface area contributed by atoms with Crippen molar-refractivity contribution in [1.29, 1.82) is 0 Å². The van der Waals surface area contributed by atoms with Crippen LogP contribution in [0.4, 0.5) is 4.39 Å². The number of nitrogens with zero attached hydrogens (tertiary/aromatic N) is 1. The van der Waals surface area contributed by atoms with Gasteiger partial charge in [-0.05, 0) is 31.0 Å². The number of benzene rings is 1. The number of hydrogen-bond acceptors (Lipinski definition) is 5. The summed E-state index contributed by atoms with van der Waals surface area (Å²) in [5, 5.41) is 16.3. The fraction of sp³-hybridized carbons (Fsp3) is 0.556. The van der Waals surface area contributed by atoms with Gasteiger partial charge in [-0.25, -0.2) is 4.39 Å². The van der Waals surface area contributed by atoms with E-state index in [9.17, 15) is 19.1 Å². The van der Waals surface area contributed by atoms with E-state index in [2.05, 4.69) is 10.6 Å². The molecular weight excluding hydrogens is 341 g/mol. The zero-order chi connectivity index (χ0) is 19.2. The molecule has 2 rings (SSSR count). The lowest BCUT2D eigenvalue weighted by Crippen LogP contribution is -2.58. The average molecular weight is 367 g/mol. The van der Waals surface area contributed by atoms with Crippen molar-refractivity contribution in [2.75, 3.05) is 33.3 Å². The Bertz CT molecular complexity index is 655. The predicted molar refractivity (Wildman–Crippen MR) is 94.1 cm³/mol. The van der Waals surface area contributed by atoms with Gasteiger partial charge in [-0.15, -0.1) is 0 Å². The van der Waals surface area contributed by atoms with Crippen LogP contribution in [-0.4, -0.2) is 60.7 Å². The number of amides is 2. The zero-order valence-electron chi connectivity index (χ0n) is 15.2. The summed E-state index contributed by atoms with van der Waals surface area (Å²) in [7, 11) is 1.49. The molecule has 1 heterocycles. The number of piperidine rings is 1. The van der Waals surface area contributed by atoms with Gasteiger partial charge in [-0.2, -0.15) is 0 Å². The molecule has 0 bridgehead atoms. The molecule has 2 amide bonds.